The number of methoxy groups -OCH3 is 2. The maximum Gasteiger partial charge on any atom is 0.407 e. The van der Waals surface area contributed by atoms with Crippen LogP contribution in [0.3, 0.4) is 0 Å². The van der Waals surface area contributed by atoms with E-state index < -0.39 is 11.7 Å². The predicted molar refractivity (Wildman–Crippen MR) is 146 cm³/mol. The molecule has 0 fully saturated rings. The number of carbonyl (C=O) groups is 2. The van der Waals surface area contributed by atoms with Crippen molar-refractivity contribution in [3.8, 4) is 22.6 Å². The van der Waals surface area contributed by atoms with Crippen LogP contribution >= 0.6 is 0 Å². The van der Waals surface area contributed by atoms with Gasteiger partial charge in [0.25, 0.3) is 0 Å². The van der Waals surface area contributed by atoms with Crippen molar-refractivity contribution < 1.29 is 33.3 Å². The Morgan fingerprint density at radius 2 is 1.69 bits per heavy atom. The molecule has 0 aromatic heterocycles. The van der Waals surface area contributed by atoms with Crippen molar-refractivity contribution >= 4 is 12.1 Å². The van der Waals surface area contributed by atoms with Gasteiger partial charge in [-0.2, -0.15) is 0 Å². The van der Waals surface area contributed by atoms with Gasteiger partial charge in [-0.15, -0.1) is 0 Å². The Hall–Kier alpha value is -4.04. The molecule has 0 unspecified atom stereocenters. The number of rotatable bonds is 9. The second-order valence-electron chi connectivity index (χ2n) is 10.3. The van der Waals surface area contributed by atoms with E-state index in [-0.39, 0.29) is 18.9 Å². The van der Waals surface area contributed by atoms with E-state index >= 15 is 0 Å². The summed E-state index contributed by atoms with van der Waals surface area (Å²) in [5.41, 5.74) is 6.05. The highest BCUT2D eigenvalue weighted by atomic mass is 16.6. The third-order valence-corrected chi connectivity index (χ3v) is 6.15. The first-order valence-corrected chi connectivity index (χ1v) is 12.8. The minimum Gasteiger partial charge on any atom is -0.489 e. The number of esters is 1. The molecule has 0 spiro atoms. The lowest BCUT2D eigenvalue weighted by molar-refractivity contribution is -0.139. The normalized spacial score (nSPS) is 12.0. The summed E-state index contributed by atoms with van der Waals surface area (Å²) >= 11 is 0. The molecule has 1 aliphatic heterocycles. The van der Waals surface area contributed by atoms with Gasteiger partial charge in [-0.3, -0.25) is 4.79 Å². The Balaban J connectivity index is 1.53. The molecule has 3 aromatic rings. The highest BCUT2D eigenvalue weighted by Gasteiger charge is 2.22. The zero-order valence-corrected chi connectivity index (χ0v) is 23.1. The Morgan fingerprint density at radius 3 is 2.44 bits per heavy atom. The lowest BCUT2D eigenvalue weighted by Crippen LogP contribution is -2.32. The fourth-order valence-electron chi connectivity index (χ4n) is 4.35. The molecular formula is C31H35NO7. The van der Waals surface area contributed by atoms with E-state index in [1.54, 1.807) is 7.11 Å². The van der Waals surface area contributed by atoms with Crippen molar-refractivity contribution in [3.05, 3.63) is 82.4 Å². The fraction of sp³-hybridized carbons (Fsp3) is 0.355. The SMILES string of the molecule is COCc1ccc(CC(=O)OC)c(OCc2ccc3c(c2)-c2cccc(CNC(=O)OC(C)(C)C)c2OC3)c1. The van der Waals surface area contributed by atoms with Crippen LogP contribution in [-0.4, -0.2) is 31.9 Å². The molecule has 0 saturated carbocycles. The summed E-state index contributed by atoms with van der Waals surface area (Å²) in [7, 11) is 3.01. The Kier molecular flexibility index (Phi) is 8.76. The number of ether oxygens (including phenoxy) is 5. The highest BCUT2D eigenvalue weighted by Crippen LogP contribution is 2.40. The molecule has 0 saturated heterocycles. The van der Waals surface area contributed by atoms with Crippen LogP contribution < -0.4 is 14.8 Å². The minimum absolute atomic E-state index is 0.119. The summed E-state index contributed by atoms with van der Waals surface area (Å²) in [6.45, 7) is 6.95. The topological polar surface area (TPSA) is 92.3 Å². The van der Waals surface area contributed by atoms with Crippen molar-refractivity contribution in [2.75, 3.05) is 14.2 Å². The van der Waals surface area contributed by atoms with Gasteiger partial charge < -0.3 is 29.0 Å². The van der Waals surface area contributed by atoms with Crippen LogP contribution in [0.2, 0.25) is 0 Å². The van der Waals surface area contributed by atoms with E-state index in [1.165, 1.54) is 7.11 Å². The van der Waals surface area contributed by atoms with Gasteiger partial charge in [-0.05, 0) is 55.2 Å². The average Bonchev–Trinajstić information content (AvgIpc) is 2.90. The molecule has 1 heterocycles. The first kappa shape index (κ1) is 28.0. The molecule has 8 heteroatoms. The zero-order valence-electron chi connectivity index (χ0n) is 23.1. The largest absolute Gasteiger partial charge is 0.489 e. The molecule has 4 rings (SSSR count). The fourth-order valence-corrected chi connectivity index (χ4v) is 4.35. The molecule has 39 heavy (non-hydrogen) atoms. The number of fused-ring (bicyclic) bond motifs is 3. The van der Waals surface area contributed by atoms with E-state index in [2.05, 4.69) is 11.4 Å². The molecule has 1 amide bonds. The molecule has 0 atom stereocenters. The molecule has 3 aromatic carbocycles. The number of benzene rings is 3. The molecule has 1 aliphatic rings. The number of carbonyl (C=O) groups excluding carboxylic acids is 2. The van der Waals surface area contributed by atoms with E-state index in [0.717, 1.165) is 44.7 Å². The highest BCUT2D eigenvalue weighted by molar-refractivity contribution is 5.77. The van der Waals surface area contributed by atoms with Crippen molar-refractivity contribution in [3.63, 3.8) is 0 Å². The molecule has 8 nitrogen and oxygen atoms in total. The average molecular weight is 534 g/mol. The summed E-state index contributed by atoms with van der Waals surface area (Å²) in [6, 6.07) is 17.7. The molecule has 1 N–H and O–H groups in total. The number of para-hydroxylation sites is 1. The lowest BCUT2D eigenvalue weighted by atomic mass is 9.93. The Bertz CT molecular complexity index is 1340. The molecule has 206 valence electrons. The van der Waals surface area contributed by atoms with Crippen molar-refractivity contribution in [2.45, 2.75) is 59.2 Å². The van der Waals surface area contributed by atoms with E-state index in [9.17, 15) is 9.59 Å². The number of hydrogen-bond donors (Lipinski definition) is 1. The number of nitrogens with one attached hydrogen (secondary N) is 1. The number of hydrogen-bond acceptors (Lipinski definition) is 7. The predicted octanol–water partition coefficient (Wildman–Crippen LogP) is 5.71. The number of alkyl carbamates (subject to hydrolysis) is 1. The van der Waals surface area contributed by atoms with E-state index in [0.29, 0.717) is 25.6 Å². The monoisotopic (exact) mass is 533 g/mol. The maximum atomic E-state index is 12.2. The molecule has 0 radical (unpaired) electrons. The van der Waals surface area contributed by atoms with Crippen LogP contribution in [0.25, 0.3) is 11.1 Å². The maximum absolute atomic E-state index is 12.2. The Morgan fingerprint density at radius 1 is 0.923 bits per heavy atom. The minimum atomic E-state index is -0.570. The van der Waals surface area contributed by atoms with Gasteiger partial charge in [-0.25, -0.2) is 4.79 Å². The lowest BCUT2D eigenvalue weighted by Gasteiger charge is -2.24. The third-order valence-electron chi connectivity index (χ3n) is 6.15. The van der Waals surface area contributed by atoms with E-state index in [1.807, 2.05) is 69.3 Å². The first-order chi connectivity index (χ1) is 18.7. The second kappa shape index (κ2) is 12.2. The van der Waals surface area contributed by atoms with Crippen molar-refractivity contribution in [2.24, 2.45) is 0 Å². The third kappa shape index (κ3) is 7.29. The Labute approximate surface area is 229 Å². The van der Waals surface area contributed by atoms with Crippen molar-refractivity contribution in [1.82, 2.24) is 5.32 Å². The van der Waals surface area contributed by atoms with Gasteiger partial charge >= 0.3 is 12.1 Å². The van der Waals surface area contributed by atoms with Crippen LogP contribution in [0.15, 0.2) is 54.6 Å². The molecule has 0 bridgehead atoms. The summed E-state index contributed by atoms with van der Waals surface area (Å²) in [4.78, 5) is 24.1. The summed E-state index contributed by atoms with van der Waals surface area (Å²) in [6.07, 6.45) is -0.356. The number of amides is 1. The standard InChI is InChI=1S/C31H35NO7/c1-31(2,3)39-30(34)32-16-23-7-6-8-25-26-13-20(10-12-24(26)19-38-29(23)25)18-37-27-14-21(17-35-4)9-11-22(27)15-28(33)36-5/h6-14H,15-19H2,1-5H3,(H,32,34). The van der Waals surface area contributed by atoms with Gasteiger partial charge in [0.2, 0.25) is 0 Å². The summed E-state index contributed by atoms with van der Waals surface area (Å²) in [5, 5.41) is 2.81. The van der Waals surface area contributed by atoms with Gasteiger partial charge in [0.05, 0.1) is 20.1 Å². The molecule has 0 aliphatic carbocycles. The van der Waals surface area contributed by atoms with Gasteiger partial charge in [0.1, 0.15) is 30.3 Å². The smallest absolute Gasteiger partial charge is 0.407 e. The quantitative estimate of drug-likeness (QED) is 0.352. The van der Waals surface area contributed by atoms with Gasteiger partial charge in [0.15, 0.2) is 0 Å². The summed E-state index contributed by atoms with van der Waals surface area (Å²) in [5.74, 6) is 1.03. The summed E-state index contributed by atoms with van der Waals surface area (Å²) < 4.78 is 27.8. The molecular weight excluding hydrogens is 498 g/mol. The van der Waals surface area contributed by atoms with Gasteiger partial charge in [-0.1, -0.05) is 42.5 Å². The van der Waals surface area contributed by atoms with Crippen LogP contribution in [0, 0.1) is 0 Å². The first-order valence-electron chi connectivity index (χ1n) is 12.8. The van der Waals surface area contributed by atoms with E-state index in [4.69, 9.17) is 23.7 Å². The van der Waals surface area contributed by atoms with Crippen LogP contribution in [0.4, 0.5) is 4.79 Å². The van der Waals surface area contributed by atoms with Gasteiger partial charge in [0, 0.05) is 30.3 Å². The zero-order chi connectivity index (χ0) is 28.0. The van der Waals surface area contributed by atoms with Crippen LogP contribution in [0.5, 0.6) is 11.5 Å². The van der Waals surface area contributed by atoms with Crippen LogP contribution in [-0.2, 0) is 51.8 Å². The van der Waals surface area contributed by atoms with Crippen LogP contribution in [0.1, 0.15) is 48.6 Å². The van der Waals surface area contributed by atoms with Crippen molar-refractivity contribution in [1.29, 1.82) is 0 Å². The second-order valence-corrected chi connectivity index (χ2v) is 10.3.